The molecule has 1 unspecified atom stereocenters. The van der Waals surface area contributed by atoms with E-state index in [1.54, 1.807) is 0 Å². The van der Waals surface area contributed by atoms with Crippen molar-refractivity contribution >= 4 is 11.3 Å². The van der Waals surface area contributed by atoms with E-state index in [4.69, 9.17) is 0 Å². The van der Waals surface area contributed by atoms with Crippen LogP contribution in [-0.4, -0.2) is 12.6 Å². The Bertz CT molecular complexity index is 256. The SMILES string of the molecule is CCCCNC(CC)CCCCc1cccs1. The smallest absolute Gasteiger partial charge is 0.00644 e. The molecule has 0 aliphatic rings. The molecule has 98 valence electrons. The quantitative estimate of drug-likeness (QED) is 0.600. The van der Waals surface area contributed by atoms with Crippen molar-refractivity contribution in [2.45, 2.75) is 64.8 Å². The molecule has 1 rings (SSSR count). The fourth-order valence-corrected chi connectivity index (χ4v) is 2.83. The van der Waals surface area contributed by atoms with Crippen LogP contribution in [0.15, 0.2) is 17.5 Å². The second-order valence-electron chi connectivity index (χ2n) is 4.74. The molecule has 1 atom stereocenters. The minimum absolute atomic E-state index is 0.741. The largest absolute Gasteiger partial charge is 0.314 e. The van der Waals surface area contributed by atoms with Crippen molar-refractivity contribution in [1.29, 1.82) is 0 Å². The summed E-state index contributed by atoms with van der Waals surface area (Å²) in [5, 5.41) is 5.84. The van der Waals surface area contributed by atoms with Gasteiger partial charge in [-0.1, -0.05) is 32.8 Å². The van der Waals surface area contributed by atoms with Crippen molar-refractivity contribution in [3.8, 4) is 0 Å². The van der Waals surface area contributed by atoms with E-state index < -0.39 is 0 Å². The van der Waals surface area contributed by atoms with E-state index in [0.29, 0.717) is 0 Å². The van der Waals surface area contributed by atoms with Gasteiger partial charge in [0.1, 0.15) is 0 Å². The van der Waals surface area contributed by atoms with Crippen molar-refractivity contribution in [1.82, 2.24) is 5.32 Å². The summed E-state index contributed by atoms with van der Waals surface area (Å²) in [6.07, 6.45) is 9.17. The van der Waals surface area contributed by atoms with Crippen LogP contribution in [0, 0.1) is 0 Å². The zero-order chi connectivity index (χ0) is 12.3. The molecule has 0 fully saturated rings. The Hall–Kier alpha value is -0.340. The lowest BCUT2D eigenvalue weighted by molar-refractivity contribution is 0.444. The minimum Gasteiger partial charge on any atom is -0.314 e. The van der Waals surface area contributed by atoms with Crippen LogP contribution >= 0.6 is 11.3 Å². The molecule has 1 aromatic rings. The van der Waals surface area contributed by atoms with Gasteiger partial charge < -0.3 is 5.32 Å². The van der Waals surface area contributed by atoms with Gasteiger partial charge in [0.15, 0.2) is 0 Å². The maximum Gasteiger partial charge on any atom is 0.00644 e. The predicted molar refractivity (Wildman–Crippen MR) is 78.9 cm³/mol. The van der Waals surface area contributed by atoms with Crippen LogP contribution in [0.5, 0.6) is 0 Å². The highest BCUT2D eigenvalue weighted by atomic mass is 32.1. The Labute approximate surface area is 111 Å². The standard InChI is InChI=1S/C15H27NS/c1-3-5-12-16-14(4-2)9-6-7-10-15-11-8-13-17-15/h8,11,13-14,16H,3-7,9-10,12H2,1-2H3. The Morgan fingerprint density at radius 3 is 2.76 bits per heavy atom. The first-order valence-electron chi connectivity index (χ1n) is 7.12. The Balaban J connectivity index is 2.02. The highest BCUT2D eigenvalue weighted by Crippen LogP contribution is 2.13. The average molecular weight is 253 g/mol. The highest BCUT2D eigenvalue weighted by molar-refractivity contribution is 7.09. The van der Waals surface area contributed by atoms with Gasteiger partial charge in [0.05, 0.1) is 0 Å². The summed E-state index contributed by atoms with van der Waals surface area (Å²) in [5.74, 6) is 0. The number of unbranched alkanes of at least 4 members (excludes halogenated alkanes) is 2. The van der Waals surface area contributed by atoms with E-state index in [1.807, 2.05) is 11.3 Å². The maximum atomic E-state index is 3.67. The maximum absolute atomic E-state index is 3.67. The molecule has 1 aromatic heterocycles. The summed E-state index contributed by atoms with van der Waals surface area (Å²) in [4.78, 5) is 1.54. The fourth-order valence-electron chi connectivity index (χ4n) is 2.08. The fraction of sp³-hybridized carbons (Fsp3) is 0.733. The zero-order valence-corrected chi connectivity index (χ0v) is 12.2. The zero-order valence-electron chi connectivity index (χ0n) is 11.4. The number of aryl methyl sites for hydroxylation is 1. The van der Waals surface area contributed by atoms with E-state index in [1.165, 1.54) is 56.4 Å². The summed E-state index contributed by atoms with van der Waals surface area (Å²) in [7, 11) is 0. The van der Waals surface area contributed by atoms with Gasteiger partial charge >= 0.3 is 0 Å². The van der Waals surface area contributed by atoms with Gasteiger partial charge in [0.2, 0.25) is 0 Å². The van der Waals surface area contributed by atoms with Crippen molar-refractivity contribution in [3.05, 3.63) is 22.4 Å². The second kappa shape index (κ2) is 9.67. The van der Waals surface area contributed by atoms with Crippen molar-refractivity contribution in [3.63, 3.8) is 0 Å². The number of nitrogens with one attached hydrogen (secondary N) is 1. The molecule has 0 radical (unpaired) electrons. The van der Waals surface area contributed by atoms with Crippen LogP contribution in [0.3, 0.4) is 0 Å². The molecule has 1 N–H and O–H groups in total. The number of thiophene rings is 1. The van der Waals surface area contributed by atoms with Crippen LogP contribution < -0.4 is 5.32 Å². The average Bonchev–Trinajstić information content (AvgIpc) is 2.85. The molecule has 0 aliphatic carbocycles. The molecule has 0 aliphatic heterocycles. The predicted octanol–water partition coefficient (Wildman–Crippen LogP) is 4.63. The second-order valence-corrected chi connectivity index (χ2v) is 5.77. The lowest BCUT2D eigenvalue weighted by Crippen LogP contribution is -2.29. The third-order valence-electron chi connectivity index (χ3n) is 3.26. The lowest BCUT2D eigenvalue weighted by Gasteiger charge is -2.16. The van der Waals surface area contributed by atoms with E-state index in [-0.39, 0.29) is 0 Å². The van der Waals surface area contributed by atoms with Gasteiger partial charge in [-0.15, -0.1) is 11.3 Å². The number of hydrogen-bond acceptors (Lipinski definition) is 2. The van der Waals surface area contributed by atoms with Crippen LogP contribution in [0.2, 0.25) is 0 Å². The first-order valence-corrected chi connectivity index (χ1v) is 8.00. The summed E-state index contributed by atoms with van der Waals surface area (Å²) >= 11 is 1.89. The first kappa shape index (κ1) is 14.7. The van der Waals surface area contributed by atoms with Crippen LogP contribution in [0.25, 0.3) is 0 Å². The topological polar surface area (TPSA) is 12.0 Å². The summed E-state index contributed by atoms with van der Waals surface area (Å²) in [5.41, 5.74) is 0. The number of hydrogen-bond donors (Lipinski definition) is 1. The third kappa shape index (κ3) is 6.85. The van der Waals surface area contributed by atoms with Crippen LogP contribution in [-0.2, 0) is 6.42 Å². The Morgan fingerprint density at radius 2 is 2.12 bits per heavy atom. The van der Waals surface area contributed by atoms with Crippen molar-refractivity contribution < 1.29 is 0 Å². The normalized spacial score (nSPS) is 12.8. The number of rotatable bonds is 10. The van der Waals surface area contributed by atoms with Crippen molar-refractivity contribution in [2.75, 3.05) is 6.54 Å². The molecule has 0 spiro atoms. The Kier molecular flexibility index (Phi) is 8.37. The van der Waals surface area contributed by atoms with Gasteiger partial charge in [0, 0.05) is 10.9 Å². The van der Waals surface area contributed by atoms with E-state index in [0.717, 1.165) is 6.04 Å². The molecule has 0 aromatic carbocycles. The minimum atomic E-state index is 0.741. The lowest BCUT2D eigenvalue weighted by atomic mass is 10.1. The Morgan fingerprint density at radius 1 is 1.24 bits per heavy atom. The molecule has 2 heteroatoms. The monoisotopic (exact) mass is 253 g/mol. The van der Waals surface area contributed by atoms with Gasteiger partial charge in [0.25, 0.3) is 0 Å². The molecule has 0 bridgehead atoms. The molecule has 1 heterocycles. The van der Waals surface area contributed by atoms with E-state index in [2.05, 4.69) is 36.7 Å². The highest BCUT2D eigenvalue weighted by Gasteiger charge is 2.04. The van der Waals surface area contributed by atoms with Crippen molar-refractivity contribution in [2.24, 2.45) is 0 Å². The van der Waals surface area contributed by atoms with Gasteiger partial charge in [-0.05, 0) is 50.1 Å². The van der Waals surface area contributed by atoms with E-state index >= 15 is 0 Å². The molecule has 0 saturated heterocycles. The summed E-state index contributed by atoms with van der Waals surface area (Å²) in [6.45, 7) is 5.74. The van der Waals surface area contributed by atoms with Gasteiger partial charge in [-0.25, -0.2) is 0 Å². The molecular formula is C15H27NS. The van der Waals surface area contributed by atoms with Crippen LogP contribution in [0.1, 0.15) is 57.2 Å². The first-order chi connectivity index (χ1) is 8.36. The van der Waals surface area contributed by atoms with Gasteiger partial charge in [-0.2, -0.15) is 0 Å². The third-order valence-corrected chi connectivity index (χ3v) is 4.20. The van der Waals surface area contributed by atoms with Crippen LogP contribution in [0.4, 0.5) is 0 Å². The molecule has 0 amide bonds. The van der Waals surface area contributed by atoms with Gasteiger partial charge in [-0.3, -0.25) is 0 Å². The molecule has 1 nitrogen and oxygen atoms in total. The van der Waals surface area contributed by atoms with E-state index in [9.17, 15) is 0 Å². The summed E-state index contributed by atoms with van der Waals surface area (Å²) in [6, 6.07) is 5.15. The molecule has 0 saturated carbocycles. The molecular weight excluding hydrogens is 226 g/mol. The summed E-state index contributed by atoms with van der Waals surface area (Å²) < 4.78 is 0. The molecule has 17 heavy (non-hydrogen) atoms.